The zero-order valence-electron chi connectivity index (χ0n) is 6.68. The van der Waals surface area contributed by atoms with E-state index >= 15 is 0 Å². The van der Waals surface area contributed by atoms with Crippen LogP contribution < -0.4 is 11.0 Å². The Labute approximate surface area is 61.2 Å². The van der Waals surface area contributed by atoms with Crippen molar-refractivity contribution in [3.8, 4) is 0 Å². The van der Waals surface area contributed by atoms with Gasteiger partial charge in [0.2, 0.25) is 0 Å². The molecule has 0 aromatic carbocycles. The van der Waals surface area contributed by atoms with Crippen LogP contribution in [-0.4, -0.2) is 16.1 Å². The summed E-state index contributed by atoms with van der Waals surface area (Å²) < 4.78 is 0. The third-order valence-electron chi connectivity index (χ3n) is 1.94. The van der Waals surface area contributed by atoms with E-state index in [0.29, 0.717) is 6.42 Å². The fourth-order valence-electron chi connectivity index (χ4n) is 0.850. The molecule has 0 radical (unpaired) electrons. The molecule has 0 rings (SSSR count). The molecular formula is C6H16N2O2. The van der Waals surface area contributed by atoms with Crippen LogP contribution in [0.4, 0.5) is 0 Å². The van der Waals surface area contributed by atoms with Crippen LogP contribution in [0, 0.1) is 5.92 Å². The molecule has 0 aliphatic heterocycles. The quantitative estimate of drug-likeness (QED) is 0.350. The lowest BCUT2D eigenvalue weighted by Crippen LogP contribution is -2.57. The lowest BCUT2D eigenvalue weighted by Gasteiger charge is -2.33. The molecule has 0 atom stereocenters. The summed E-state index contributed by atoms with van der Waals surface area (Å²) in [6.45, 7) is 5.66. The third kappa shape index (κ3) is 1.67. The van der Waals surface area contributed by atoms with Gasteiger partial charge < -0.3 is 10.4 Å². The Balaban J connectivity index is 4.15. The van der Waals surface area contributed by atoms with Gasteiger partial charge in [-0.05, 0) is 12.3 Å². The SMILES string of the molecule is CCC(NO)(NO)C(C)C. The van der Waals surface area contributed by atoms with Crippen LogP contribution in [0.5, 0.6) is 0 Å². The highest BCUT2D eigenvalue weighted by atomic mass is 16.5. The average Bonchev–Trinajstić information content (AvgIpc) is 1.92. The minimum absolute atomic E-state index is 0.118. The second-order valence-electron chi connectivity index (χ2n) is 2.70. The van der Waals surface area contributed by atoms with E-state index in [4.69, 9.17) is 10.4 Å². The zero-order valence-corrected chi connectivity index (χ0v) is 6.68. The molecule has 4 nitrogen and oxygen atoms in total. The maximum atomic E-state index is 8.67. The predicted octanol–water partition coefficient (Wildman–Crippen LogP) is 0.706. The summed E-state index contributed by atoms with van der Waals surface area (Å²) in [5, 5.41) is 17.3. The van der Waals surface area contributed by atoms with E-state index in [1.165, 1.54) is 0 Å². The normalized spacial score (nSPS) is 12.6. The molecule has 4 heteroatoms. The van der Waals surface area contributed by atoms with Gasteiger partial charge >= 0.3 is 0 Å². The van der Waals surface area contributed by atoms with E-state index in [1.54, 1.807) is 0 Å². The van der Waals surface area contributed by atoms with Crippen LogP contribution in [-0.2, 0) is 0 Å². The highest BCUT2D eigenvalue weighted by Gasteiger charge is 2.30. The lowest BCUT2D eigenvalue weighted by atomic mass is 9.95. The van der Waals surface area contributed by atoms with E-state index in [-0.39, 0.29) is 5.92 Å². The van der Waals surface area contributed by atoms with E-state index in [2.05, 4.69) is 11.0 Å². The van der Waals surface area contributed by atoms with Gasteiger partial charge in [-0.25, -0.2) is 0 Å². The molecule has 0 aromatic rings. The minimum Gasteiger partial charge on any atom is -0.315 e. The summed E-state index contributed by atoms with van der Waals surface area (Å²) in [5.41, 5.74) is 3.34. The molecule has 0 aliphatic rings. The van der Waals surface area contributed by atoms with E-state index in [1.807, 2.05) is 20.8 Å². The van der Waals surface area contributed by atoms with Crippen LogP contribution in [0.15, 0.2) is 0 Å². The number of hydroxylamine groups is 2. The van der Waals surface area contributed by atoms with Gasteiger partial charge in [-0.2, -0.15) is 11.0 Å². The van der Waals surface area contributed by atoms with E-state index < -0.39 is 5.66 Å². The molecule has 0 saturated heterocycles. The maximum Gasteiger partial charge on any atom is 0.116 e. The molecule has 0 saturated carbocycles. The molecule has 0 aromatic heterocycles. The summed E-state index contributed by atoms with van der Waals surface area (Å²) in [7, 11) is 0. The van der Waals surface area contributed by atoms with E-state index in [9.17, 15) is 0 Å². The van der Waals surface area contributed by atoms with Crippen LogP contribution in [0.2, 0.25) is 0 Å². The summed E-state index contributed by atoms with van der Waals surface area (Å²) in [4.78, 5) is 0. The van der Waals surface area contributed by atoms with Gasteiger partial charge in [0.05, 0.1) is 0 Å². The first-order valence-corrected chi connectivity index (χ1v) is 3.45. The summed E-state index contributed by atoms with van der Waals surface area (Å²) in [5.74, 6) is 0.118. The third-order valence-corrected chi connectivity index (χ3v) is 1.94. The minimum atomic E-state index is -0.764. The molecule has 0 fully saturated rings. The van der Waals surface area contributed by atoms with Gasteiger partial charge in [-0.3, -0.25) is 0 Å². The van der Waals surface area contributed by atoms with Crippen molar-refractivity contribution < 1.29 is 10.4 Å². The van der Waals surface area contributed by atoms with Crippen molar-refractivity contribution in [3.05, 3.63) is 0 Å². The Morgan fingerprint density at radius 3 is 1.70 bits per heavy atom. The van der Waals surface area contributed by atoms with Crippen LogP contribution in [0.1, 0.15) is 27.2 Å². The van der Waals surface area contributed by atoms with Crippen molar-refractivity contribution in [2.24, 2.45) is 5.92 Å². The van der Waals surface area contributed by atoms with Crippen molar-refractivity contribution >= 4 is 0 Å². The first-order chi connectivity index (χ1) is 4.63. The Hall–Kier alpha value is -0.160. The largest absolute Gasteiger partial charge is 0.315 e. The molecule has 0 aliphatic carbocycles. The number of hydrogen-bond acceptors (Lipinski definition) is 4. The first-order valence-electron chi connectivity index (χ1n) is 3.45. The fraction of sp³-hybridized carbons (Fsp3) is 1.00. The second-order valence-corrected chi connectivity index (χ2v) is 2.70. The molecule has 10 heavy (non-hydrogen) atoms. The van der Waals surface area contributed by atoms with Crippen molar-refractivity contribution in [2.75, 3.05) is 0 Å². The van der Waals surface area contributed by atoms with Gasteiger partial charge in [-0.15, -0.1) is 0 Å². The molecular weight excluding hydrogens is 132 g/mol. The molecule has 0 spiro atoms. The van der Waals surface area contributed by atoms with Gasteiger partial charge in [0.25, 0.3) is 0 Å². The van der Waals surface area contributed by atoms with Crippen LogP contribution >= 0.6 is 0 Å². The van der Waals surface area contributed by atoms with Crippen molar-refractivity contribution in [1.29, 1.82) is 0 Å². The van der Waals surface area contributed by atoms with E-state index in [0.717, 1.165) is 0 Å². The van der Waals surface area contributed by atoms with Gasteiger partial charge in [0.15, 0.2) is 0 Å². The maximum absolute atomic E-state index is 8.67. The Morgan fingerprint density at radius 2 is 1.70 bits per heavy atom. The van der Waals surface area contributed by atoms with Crippen LogP contribution in [0.25, 0.3) is 0 Å². The van der Waals surface area contributed by atoms with Crippen LogP contribution in [0.3, 0.4) is 0 Å². The van der Waals surface area contributed by atoms with Crippen molar-refractivity contribution in [2.45, 2.75) is 32.9 Å². The molecule has 0 bridgehead atoms. The van der Waals surface area contributed by atoms with Gasteiger partial charge in [-0.1, -0.05) is 20.8 Å². The Kier molecular flexibility index (Phi) is 3.81. The summed E-state index contributed by atoms with van der Waals surface area (Å²) >= 11 is 0. The van der Waals surface area contributed by atoms with Crippen molar-refractivity contribution in [3.63, 3.8) is 0 Å². The smallest absolute Gasteiger partial charge is 0.116 e. The van der Waals surface area contributed by atoms with Gasteiger partial charge in [0.1, 0.15) is 5.66 Å². The molecule has 0 heterocycles. The highest BCUT2D eigenvalue weighted by molar-refractivity contribution is 4.79. The zero-order chi connectivity index (χ0) is 8.20. The molecule has 0 amide bonds. The Morgan fingerprint density at radius 1 is 1.30 bits per heavy atom. The summed E-state index contributed by atoms with van der Waals surface area (Å²) in [6, 6.07) is 0. The summed E-state index contributed by atoms with van der Waals surface area (Å²) in [6.07, 6.45) is 0.609. The van der Waals surface area contributed by atoms with Crippen molar-refractivity contribution in [1.82, 2.24) is 11.0 Å². The topological polar surface area (TPSA) is 64.5 Å². The lowest BCUT2D eigenvalue weighted by molar-refractivity contribution is -0.0719. The molecule has 4 N–H and O–H groups in total. The number of nitrogens with one attached hydrogen (secondary N) is 2. The molecule has 62 valence electrons. The number of rotatable bonds is 4. The predicted molar refractivity (Wildman–Crippen MR) is 37.7 cm³/mol. The second kappa shape index (κ2) is 3.88. The average molecular weight is 148 g/mol. The standard InChI is InChI=1S/C6H16N2O2/c1-4-6(7-9,8-10)5(2)3/h5,7-10H,4H2,1-3H3. The first kappa shape index (κ1) is 9.84. The molecule has 0 unspecified atom stereocenters. The monoisotopic (exact) mass is 148 g/mol. The number of hydrogen-bond donors (Lipinski definition) is 4. The van der Waals surface area contributed by atoms with Gasteiger partial charge in [0, 0.05) is 0 Å². The Bertz CT molecular complexity index is 83.5. The highest BCUT2D eigenvalue weighted by Crippen LogP contribution is 2.15. The fourth-order valence-corrected chi connectivity index (χ4v) is 0.850.